The second-order valence-corrected chi connectivity index (χ2v) is 6.04. The number of aliphatic hydroxyl groups is 1. The normalized spacial score (nSPS) is 10.8. The van der Waals surface area contributed by atoms with Crippen molar-refractivity contribution >= 4 is 31.9 Å². The summed E-state index contributed by atoms with van der Waals surface area (Å²) in [6, 6.07) is 5.54. The number of aryl methyl sites for hydroxylation is 2. The Labute approximate surface area is 135 Å². The Morgan fingerprint density at radius 2 is 2.10 bits per heavy atom. The minimum Gasteiger partial charge on any atom is -0.486 e. The van der Waals surface area contributed by atoms with Crippen molar-refractivity contribution in [2.45, 2.75) is 26.6 Å². The molecule has 0 amide bonds. The number of aromatic nitrogens is 2. The molecule has 1 aromatic heterocycles. The number of benzene rings is 1. The van der Waals surface area contributed by atoms with Crippen molar-refractivity contribution < 1.29 is 9.84 Å². The summed E-state index contributed by atoms with van der Waals surface area (Å²) in [5.41, 5.74) is 2.87. The molecule has 20 heavy (non-hydrogen) atoms. The molecule has 0 atom stereocenters. The van der Waals surface area contributed by atoms with Crippen molar-refractivity contribution in [2.75, 3.05) is 0 Å². The molecule has 0 saturated heterocycles. The summed E-state index contributed by atoms with van der Waals surface area (Å²) in [5, 5.41) is 13.5. The van der Waals surface area contributed by atoms with Gasteiger partial charge in [0.2, 0.25) is 0 Å². The van der Waals surface area contributed by atoms with Gasteiger partial charge < -0.3 is 9.84 Å². The highest BCUT2D eigenvalue weighted by molar-refractivity contribution is 9.10. The summed E-state index contributed by atoms with van der Waals surface area (Å²) in [6.45, 7) is 2.52. The molecule has 0 bridgehead atoms. The lowest BCUT2D eigenvalue weighted by Gasteiger charge is -2.10. The molecule has 0 aliphatic rings. The topological polar surface area (TPSA) is 47.3 Å². The molecule has 0 unspecified atom stereocenters. The van der Waals surface area contributed by atoms with E-state index in [0.29, 0.717) is 6.61 Å². The monoisotopic (exact) mass is 402 g/mol. The highest BCUT2D eigenvalue weighted by Gasteiger charge is 2.13. The molecule has 1 aromatic carbocycles. The van der Waals surface area contributed by atoms with Gasteiger partial charge in [0.25, 0.3) is 0 Å². The SMILES string of the molecule is CCc1nn(C)c(COc2ccc(CO)cc2Br)c1Br. The second-order valence-electron chi connectivity index (χ2n) is 4.40. The van der Waals surface area contributed by atoms with Crippen molar-refractivity contribution in [2.24, 2.45) is 7.05 Å². The molecule has 0 aliphatic heterocycles. The number of hydrogen-bond acceptors (Lipinski definition) is 3. The molecule has 1 heterocycles. The summed E-state index contributed by atoms with van der Waals surface area (Å²) < 4.78 is 9.49. The van der Waals surface area contributed by atoms with E-state index in [1.165, 1.54) is 0 Å². The zero-order valence-electron chi connectivity index (χ0n) is 11.4. The lowest BCUT2D eigenvalue weighted by Crippen LogP contribution is -2.04. The van der Waals surface area contributed by atoms with E-state index in [9.17, 15) is 0 Å². The number of ether oxygens (including phenoxy) is 1. The summed E-state index contributed by atoms with van der Waals surface area (Å²) >= 11 is 7.02. The predicted molar refractivity (Wildman–Crippen MR) is 84.7 cm³/mol. The fraction of sp³-hybridized carbons (Fsp3) is 0.357. The van der Waals surface area contributed by atoms with E-state index in [0.717, 1.165) is 38.1 Å². The molecule has 108 valence electrons. The van der Waals surface area contributed by atoms with E-state index in [4.69, 9.17) is 9.84 Å². The number of hydrogen-bond donors (Lipinski definition) is 1. The van der Waals surface area contributed by atoms with Crippen LogP contribution in [0.15, 0.2) is 27.1 Å². The van der Waals surface area contributed by atoms with E-state index >= 15 is 0 Å². The number of rotatable bonds is 5. The van der Waals surface area contributed by atoms with Gasteiger partial charge in [-0.2, -0.15) is 5.10 Å². The van der Waals surface area contributed by atoms with Gasteiger partial charge in [-0.25, -0.2) is 0 Å². The summed E-state index contributed by atoms with van der Waals surface area (Å²) in [5.74, 6) is 0.744. The molecule has 2 rings (SSSR count). The third kappa shape index (κ3) is 3.24. The molecule has 0 spiro atoms. The van der Waals surface area contributed by atoms with Crippen molar-refractivity contribution in [3.63, 3.8) is 0 Å². The number of nitrogens with zero attached hydrogens (tertiary/aromatic N) is 2. The summed E-state index contributed by atoms with van der Waals surface area (Å²) in [7, 11) is 1.91. The third-order valence-corrected chi connectivity index (χ3v) is 4.58. The van der Waals surface area contributed by atoms with Crippen molar-refractivity contribution in [1.82, 2.24) is 9.78 Å². The van der Waals surface area contributed by atoms with Crippen LogP contribution in [0.1, 0.15) is 23.9 Å². The first kappa shape index (κ1) is 15.5. The van der Waals surface area contributed by atoms with Crippen LogP contribution in [0.3, 0.4) is 0 Å². The molecule has 2 aromatic rings. The Bertz CT molecular complexity index is 611. The fourth-order valence-corrected chi connectivity index (χ4v) is 3.15. The Morgan fingerprint density at radius 1 is 1.35 bits per heavy atom. The van der Waals surface area contributed by atoms with Crippen LogP contribution in [0, 0.1) is 0 Å². The minimum absolute atomic E-state index is 0.0199. The maximum Gasteiger partial charge on any atom is 0.134 e. The summed E-state index contributed by atoms with van der Waals surface area (Å²) in [6.07, 6.45) is 0.878. The molecule has 0 fully saturated rings. The van der Waals surface area contributed by atoms with Gasteiger partial charge in [0.1, 0.15) is 12.4 Å². The van der Waals surface area contributed by atoms with Crippen molar-refractivity contribution in [3.05, 3.63) is 44.1 Å². The van der Waals surface area contributed by atoms with Crippen LogP contribution in [-0.4, -0.2) is 14.9 Å². The van der Waals surface area contributed by atoms with Crippen LogP contribution in [0.5, 0.6) is 5.75 Å². The third-order valence-electron chi connectivity index (χ3n) is 3.05. The molecule has 4 nitrogen and oxygen atoms in total. The number of aliphatic hydroxyl groups excluding tert-OH is 1. The smallest absolute Gasteiger partial charge is 0.134 e. The van der Waals surface area contributed by atoms with Gasteiger partial charge in [0, 0.05) is 7.05 Å². The zero-order valence-corrected chi connectivity index (χ0v) is 14.5. The fourth-order valence-electron chi connectivity index (χ4n) is 1.88. The molecular formula is C14H16Br2N2O2. The van der Waals surface area contributed by atoms with Gasteiger partial charge in [0.15, 0.2) is 0 Å². The Hall–Kier alpha value is -0.850. The van der Waals surface area contributed by atoms with Crippen molar-refractivity contribution in [1.29, 1.82) is 0 Å². The van der Waals surface area contributed by atoms with E-state index in [1.54, 1.807) is 0 Å². The highest BCUT2D eigenvalue weighted by atomic mass is 79.9. The van der Waals surface area contributed by atoms with Crippen LogP contribution in [0.25, 0.3) is 0 Å². The van der Waals surface area contributed by atoms with Gasteiger partial charge in [-0.15, -0.1) is 0 Å². The van der Waals surface area contributed by atoms with Crippen LogP contribution in [0.4, 0.5) is 0 Å². The molecule has 6 heteroatoms. The lowest BCUT2D eigenvalue weighted by atomic mass is 10.2. The molecule has 1 N–H and O–H groups in total. The lowest BCUT2D eigenvalue weighted by molar-refractivity contribution is 0.279. The van der Waals surface area contributed by atoms with E-state index < -0.39 is 0 Å². The highest BCUT2D eigenvalue weighted by Crippen LogP contribution is 2.28. The van der Waals surface area contributed by atoms with Crippen molar-refractivity contribution in [3.8, 4) is 5.75 Å². The van der Waals surface area contributed by atoms with Crippen LogP contribution < -0.4 is 4.74 Å². The zero-order chi connectivity index (χ0) is 14.7. The van der Waals surface area contributed by atoms with Gasteiger partial charge in [-0.05, 0) is 56.0 Å². The maximum atomic E-state index is 9.08. The van der Waals surface area contributed by atoms with E-state index in [-0.39, 0.29) is 6.61 Å². The predicted octanol–water partition coefficient (Wildman–Crippen LogP) is 3.58. The van der Waals surface area contributed by atoms with Gasteiger partial charge in [-0.3, -0.25) is 4.68 Å². The van der Waals surface area contributed by atoms with Crippen LogP contribution >= 0.6 is 31.9 Å². The second kappa shape index (κ2) is 6.74. The molecule has 0 radical (unpaired) electrons. The largest absolute Gasteiger partial charge is 0.486 e. The van der Waals surface area contributed by atoms with Gasteiger partial charge in [-0.1, -0.05) is 13.0 Å². The Balaban J connectivity index is 2.15. The maximum absolute atomic E-state index is 9.08. The average Bonchev–Trinajstić information content (AvgIpc) is 2.72. The van der Waals surface area contributed by atoms with Crippen LogP contribution in [0.2, 0.25) is 0 Å². The Kier molecular flexibility index (Phi) is 5.23. The van der Waals surface area contributed by atoms with Gasteiger partial charge in [0.05, 0.1) is 26.9 Å². The minimum atomic E-state index is 0.0199. The standard InChI is InChI=1S/C14H16Br2N2O2/c1-3-11-14(16)12(18(2)17-11)8-20-13-5-4-9(7-19)6-10(13)15/h4-6,19H,3,7-8H2,1-2H3. The first-order valence-corrected chi connectivity index (χ1v) is 7.87. The number of halogens is 2. The first-order chi connectivity index (χ1) is 9.56. The van der Waals surface area contributed by atoms with Gasteiger partial charge >= 0.3 is 0 Å². The Morgan fingerprint density at radius 3 is 2.65 bits per heavy atom. The van der Waals surface area contributed by atoms with E-state index in [1.807, 2.05) is 29.9 Å². The average molecular weight is 404 g/mol. The quantitative estimate of drug-likeness (QED) is 0.829. The van der Waals surface area contributed by atoms with E-state index in [2.05, 4.69) is 43.9 Å². The van der Waals surface area contributed by atoms with Crippen LogP contribution in [-0.2, 0) is 26.7 Å². The molecule has 0 saturated carbocycles. The summed E-state index contributed by atoms with van der Waals surface area (Å²) in [4.78, 5) is 0. The first-order valence-electron chi connectivity index (χ1n) is 6.29. The molecular weight excluding hydrogens is 388 g/mol. The molecule has 0 aliphatic carbocycles.